The first-order chi connectivity index (χ1) is 22.2. The van der Waals surface area contributed by atoms with Crippen LogP contribution >= 0.6 is 0 Å². The molecule has 0 aliphatic rings. The zero-order chi connectivity index (χ0) is 29.6. The summed E-state index contributed by atoms with van der Waals surface area (Å²) in [5.74, 6) is 0.766. The number of halogens is 1. The van der Waals surface area contributed by atoms with Gasteiger partial charge in [-0.25, -0.2) is 14.4 Å². The summed E-state index contributed by atoms with van der Waals surface area (Å²) in [6, 6.07) is 38.1. The Balaban J connectivity index is 1.23. The summed E-state index contributed by atoms with van der Waals surface area (Å²) in [4.78, 5) is 9.38. The highest BCUT2D eigenvalue weighted by Crippen LogP contribution is 2.42. The van der Waals surface area contributed by atoms with E-state index in [9.17, 15) is 0 Å². The predicted octanol–water partition coefficient (Wildman–Crippen LogP) is 10.1. The van der Waals surface area contributed by atoms with Gasteiger partial charge in [0.1, 0.15) is 22.6 Å². The Morgan fingerprint density at radius 2 is 1.33 bits per heavy atom. The largest absolute Gasteiger partial charge is 0.456 e. The maximum absolute atomic E-state index is 16.7. The third kappa shape index (κ3) is 3.36. The van der Waals surface area contributed by atoms with Gasteiger partial charge in [0.25, 0.3) is 0 Å². The number of aromatic nitrogens is 4. The smallest absolute Gasteiger partial charge is 0.150 e. The van der Waals surface area contributed by atoms with Gasteiger partial charge in [-0.2, -0.15) is 0 Å². The summed E-state index contributed by atoms with van der Waals surface area (Å²) < 4.78 is 27.2. The fraction of sp³-hybridized carbons (Fsp3) is 0.0256. The Hall–Kier alpha value is -6.01. The number of alkyl halides is 1. The van der Waals surface area contributed by atoms with Gasteiger partial charge >= 0.3 is 0 Å². The number of imidazole rings is 1. The molecule has 0 fully saturated rings. The van der Waals surface area contributed by atoms with Crippen molar-refractivity contribution in [1.29, 1.82) is 0 Å². The molecule has 5 aromatic heterocycles. The van der Waals surface area contributed by atoms with E-state index < -0.39 is 6.17 Å². The molecule has 10 rings (SSSR count). The van der Waals surface area contributed by atoms with Crippen LogP contribution in [0.2, 0.25) is 0 Å². The molecule has 1 atom stereocenters. The van der Waals surface area contributed by atoms with Gasteiger partial charge in [-0.1, -0.05) is 66.7 Å². The molecule has 0 amide bonds. The van der Waals surface area contributed by atoms with Crippen molar-refractivity contribution in [2.75, 3.05) is 0 Å². The molecule has 10 aromatic rings. The quantitative estimate of drug-likeness (QED) is 0.195. The number of nitrogens with zero attached hydrogens (tertiary/aromatic N) is 4. The van der Waals surface area contributed by atoms with Crippen molar-refractivity contribution in [3.63, 3.8) is 0 Å². The number of hydrogen-bond donors (Lipinski definition) is 0. The topological polar surface area (TPSA) is 48.3 Å². The van der Waals surface area contributed by atoms with E-state index >= 15 is 4.39 Å². The first-order valence-corrected chi connectivity index (χ1v) is 15.0. The van der Waals surface area contributed by atoms with Crippen molar-refractivity contribution in [2.45, 2.75) is 6.17 Å². The lowest BCUT2D eigenvalue weighted by Crippen LogP contribution is -1.99. The molecule has 212 valence electrons. The Morgan fingerprint density at radius 1 is 0.578 bits per heavy atom. The summed E-state index contributed by atoms with van der Waals surface area (Å²) in [5, 5.41) is 7.25. The molecular formula is C39H23FN4O. The second-order valence-corrected chi connectivity index (χ2v) is 11.5. The molecule has 0 aliphatic heterocycles. The number of hydrogen-bond acceptors (Lipinski definition) is 3. The molecule has 5 heterocycles. The zero-order valence-electron chi connectivity index (χ0n) is 23.9. The van der Waals surface area contributed by atoms with Gasteiger partial charge in [-0.15, -0.1) is 0 Å². The van der Waals surface area contributed by atoms with Gasteiger partial charge in [0, 0.05) is 45.5 Å². The Morgan fingerprint density at radius 3 is 2.22 bits per heavy atom. The van der Waals surface area contributed by atoms with Crippen molar-refractivity contribution in [3.05, 3.63) is 145 Å². The molecule has 0 aliphatic carbocycles. The standard InChI is InChI=1S/C39H23FN4O/c40-37(23-12-14-25-26-7-1-3-9-31(26)43-20-19-42-39(43)30(25)21-23)24-13-15-27-28-16-17-34-36(29-8-2-4-10-33(29)45-34)38(28)44(32(27)22-24)35-11-5-6-18-41-35/h1-22,37H. The van der Waals surface area contributed by atoms with Crippen molar-refractivity contribution in [1.82, 2.24) is 18.9 Å². The third-order valence-corrected chi connectivity index (χ3v) is 9.14. The van der Waals surface area contributed by atoms with E-state index in [0.717, 1.165) is 76.9 Å². The van der Waals surface area contributed by atoms with E-state index in [1.807, 2.05) is 97.2 Å². The summed E-state index contributed by atoms with van der Waals surface area (Å²) in [5.41, 5.74) is 6.59. The van der Waals surface area contributed by atoms with Gasteiger partial charge in [0.15, 0.2) is 6.17 Å². The molecule has 6 heteroatoms. The SMILES string of the molecule is FC(c1ccc2c3ccccc3n3ccnc3c2c1)c1ccc2c3ccc4oc5ccccc5c4c3n(-c3ccccn3)c2c1. The first-order valence-electron chi connectivity index (χ1n) is 15.0. The van der Waals surface area contributed by atoms with Gasteiger partial charge in [-0.05, 0) is 65.0 Å². The molecular weight excluding hydrogens is 559 g/mol. The van der Waals surface area contributed by atoms with E-state index in [0.29, 0.717) is 11.1 Å². The maximum atomic E-state index is 16.7. The average molecular weight is 583 g/mol. The Labute approximate surface area is 255 Å². The average Bonchev–Trinajstić information content (AvgIpc) is 3.82. The minimum Gasteiger partial charge on any atom is -0.456 e. The summed E-state index contributed by atoms with van der Waals surface area (Å²) in [7, 11) is 0. The van der Waals surface area contributed by atoms with Crippen LogP contribution in [0.25, 0.3) is 76.9 Å². The lowest BCUT2D eigenvalue weighted by Gasteiger charge is -2.14. The normalized spacial score (nSPS) is 12.9. The monoisotopic (exact) mass is 582 g/mol. The van der Waals surface area contributed by atoms with Crippen LogP contribution in [0.1, 0.15) is 17.3 Å². The second kappa shape index (κ2) is 9.00. The van der Waals surface area contributed by atoms with E-state index in [4.69, 9.17) is 9.40 Å². The van der Waals surface area contributed by atoms with E-state index in [-0.39, 0.29) is 0 Å². The highest BCUT2D eigenvalue weighted by atomic mass is 19.1. The molecule has 0 N–H and O–H groups in total. The van der Waals surface area contributed by atoms with E-state index in [2.05, 4.69) is 38.2 Å². The number of benzene rings is 5. The van der Waals surface area contributed by atoms with E-state index in [1.165, 1.54) is 0 Å². The van der Waals surface area contributed by atoms with Crippen molar-refractivity contribution in [2.24, 2.45) is 0 Å². The highest BCUT2D eigenvalue weighted by molar-refractivity contribution is 6.24. The van der Waals surface area contributed by atoms with Gasteiger partial charge in [-0.3, -0.25) is 8.97 Å². The van der Waals surface area contributed by atoms with Gasteiger partial charge in [0.05, 0.1) is 21.9 Å². The van der Waals surface area contributed by atoms with Crippen LogP contribution in [0.5, 0.6) is 0 Å². The minimum absolute atomic E-state index is 0.579. The molecule has 45 heavy (non-hydrogen) atoms. The Kier molecular flexibility index (Phi) is 4.89. The van der Waals surface area contributed by atoms with Crippen LogP contribution in [0.15, 0.2) is 138 Å². The molecule has 0 spiro atoms. The lowest BCUT2D eigenvalue weighted by molar-refractivity contribution is 0.402. The third-order valence-electron chi connectivity index (χ3n) is 9.14. The predicted molar refractivity (Wildman–Crippen MR) is 179 cm³/mol. The molecule has 0 saturated heterocycles. The fourth-order valence-corrected chi connectivity index (χ4v) is 7.15. The number of furan rings is 1. The number of pyridine rings is 2. The number of para-hydroxylation sites is 2. The number of rotatable bonds is 3. The van der Waals surface area contributed by atoms with Crippen LogP contribution in [0, 0.1) is 0 Å². The lowest BCUT2D eigenvalue weighted by atomic mass is 9.97. The zero-order valence-corrected chi connectivity index (χ0v) is 23.9. The summed E-state index contributed by atoms with van der Waals surface area (Å²) in [6.07, 6.45) is 4.20. The summed E-state index contributed by atoms with van der Waals surface area (Å²) >= 11 is 0. The molecule has 0 bridgehead atoms. The maximum Gasteiger partial charge on any atom is 0.150 e. The molecule has 1 unspecified atom stereocenters. The summed E-state index contributed by atoms with van der Waals surface area (Å²) in [6.45, 7) is 0. The molecule has 0 radical (unpaired) electrons. The first kappa shape index (κ1) is 24.4. The van der Waals surface area contributed by atoms with Gasteiger partial charge in [0.2, 0.25) is 0 Å². The van der Waals surface area contributed by atoms with Crippen LogP contribution in [0.3, 0.4) is 0 Å². The Bertz CT molecular complexity index is 2790. The fourth-order valence-electron chi connectivity index (χ4n) is 7.15. The van der Waals surface area contributed by atoms with Crippen molar-refractivity contribution in [3.8, 4) is 5.82 Å². The van der Waals surface area contributed by atoms with Crippen molar-refractivity contribution < 1.29 is 8.81 Å². The molecule has 5 nitrogen and oxygen atoms in total. The number of fused-ring (bicyclic) bond motifs is 13. The molecule has 0 saturated carbocycles. The van der Waals surface area contributed by atoms with E-state index in [1.54, 1.807) is 12.4 Å². The van der Waals surface area contributed by atoms with Gasteiger partial charge < -0.3 is 4.42 Å². The van der Waals surface area contributed by atoms with Crippen LogP contribution in [-0.4, -0.2) is 18.9 Å². The highest BCUT2D eigenvalue weighted by Gasteiger charge is 2.22. The van der Waals surface area contributed by atoms with Crippen LogP contribution in [0.4, 0.5) is 4.39 Å². The second-order valence-electron chi connectivity index (χ2n) is 11.5. The van der Waals surface area contributed by atoms with Crippen LogP contribution in [-0.2, 0) is 0 Å². The van der Waals surface area contributed by atoms with Crippen molar-refractivity contribution >= 4 is 71.1 Å². The molecule has 5 aromatic carbocycles. The van der Waals surface area contributed by atoms with Crippen LogP contribution < -0.4 is 0 Å². The minimum atomic E-state index is -1.34.